The van der Waals surface area contributed by atoms with Crippen molar-refractivity contribution in [3.63, 3.8) is 0 Å². The van der Waals surface area contributed by atoms with Gasteiger partial charge in [-0.3, -0.25) is 4.79 Å². The van der Waals surface area contributed by atoms with Crippen LogP contribution in [-0.4, -0.2) is 17.4 Å². The molecule has 2 aromatic carbocycles. The summed E-state index contributed by atoms with van der Waals surface area (Å²) in [5, 5.41) is 0. The minimum atomic E-state index is 0.0914. The molecule has 0 radical (unpaired) electrons. The van der Waals surface area contributed by atoms with Crippen LogP contribution >= 0.6 is 0 Å². The van der Waals surface area contributed by atoms with Crippen LogP contribution in [0.1, 0.15) is 29.0 Å². The molecule has 3 aromatic rings. The van der Waals surface area contributed by atoms with Crippen molar-refractivity contribution in [1.82, 2.24) is 4.98 Å². The van der Waals surface area contributed by atoms with Gasteiger partial charge in [0.1, 0.15) is 18.1 Å². The minimum absolute atomic E-state index is 0.0914. The number of carbonyl (C=O) groups is 1. The van der Waals surface area contributed by atoms with Crippen LogP contribution in [0.2, 0.25) is 0 Å². The molecule has 26 heavy (non-hydrogen) atoms. The Morgan fingerprint density at radius 2 is 1.77 bits per heavy atom. The van der Waals surface area contributed by atoms with Gasteiger partial charge in [-0.2, -0.15) is 0 Å². The summed E-state index contributed by atoms with van der Waals surface area (Å²) in [6.45, 7) is 4.27. The van der Waals surface area contributed by atoms with E-state index in [1.807, 2.05) is 68.4 Å². The monoisotopic (exact) mass is 349 g/mol. The van der Waals surface area contributed by atoms with Gasteiger partial charge in [-0.15, -0.1) is 0 Å². The zero-order chi connectivity index (χ0) is 18.4. The minimum Gasteiger partial charge on any atom is -0.441 e. The number of nitrogens with zero attached hydrogens (tertiary/aromatic N) is 1. The largest absolute Gasteiger partial charge is 0.441 e. The lowest BCUT2D eigenvalue weighted by Crippen LogP contribution is -2.10. The number of benzene rings is 2. The molecule has 0 fully saturated rings. The van der Waals surface area contributed by atoms with Crippen molar-refractivity contribution >= 4 is 5.78 Å². The van der Waals surface area contributed by atoms with Crippen molar-refractivity contribution in [3.05, 3.63) is 77.2 Å². The molecule has 134 valence electrons. The summed E-state index contributed by atoms with van der Waals surface area (Å²) in [5.41, 5.74) is 4.02. The number of rotatable bonds is 8. The number of carbonyl (C=O) groups excluding carboxylic acids is 1. The zero-order valence-corrected chi connectivity index (χ0v) is 15.2. The summed E-state index contributed by atoms with van der Waals surface area (Å²) in [7, 11) is 0. The molecular weight excluding hydrogens is 326 g/mol. The lowest BCUT2D eigenvalue weighted by atomic mass is 10.1. The maximum atomic E-state index is 12.0. The van der Waals surface area contributed by atoms with Crippen LogP contribution < -0.4 is 0 Å². The van der Waals surface area contributed by atoms with Gasteiger partial charge in [-0.05, 0) is 38.0 Å². The topological polar surface area (TPSA) is 52.3 Å². The second-order valence-corrected chi connectivity index (χ2v) is 6.40. The Balaban J connectivity index is 1.49. The fraction of sp³-hybridized carbons (Fsp3) is 0.273. The molecule has 0 aliphatic heterocycles. The number of aryl methyl sites for hydroxylation is 3. The molecule has 0 N–H and O–H groups in total. The molecule has 3 rings (SSSR count). The molecule has 0 aliphatic carbocycles. The van der Waals surface area contributed by atoms with E-state index in [1.54, 1.807) is 0 Å². The fourth-order valence-corrected chi connectivity index (χ4v) is 2.64. The number of ether oxygens (including phenoxy) is 1. The number of Topliss-reactive ketones (excluding diaryl/α,β-unsaturated/α-hetero) is 1. The molecule has 4 heteroatoms. The molecule has 0 saturated heterocycles. The highest BCUT2D eigenvalue weighted by molar-refractivity contribution is 5.79. The molecule has 0 atom stereocenters. The van der Waals surface area contributed by atoms with Gasteiger partial charge in [-0.1, -0.05) is 48.0 Å². The summed E-state index contributed by atoms with van der Waals surface area (Å²) >= 11 is 0. The summed E-state index contributed by atoms with van der Waals surface area (Å²) < 4.78 is 11.3. The fourth-order valence-electron chi connectivity index (χ4n) is 2.64. The van der Waals surface area contributed by atoms with E-state index in [0.717, 1.165) is 29.0 Å². The molecule has 0 aliphatic rings. The normalized spacial score (nSPS) is 10.8. The average molecular weight is 349 g/mol. The predicted molar refractivity (Wildman–Crippen MR) is 101 cm³/mol. The molecule has 0 spiro atoms. The van der Waals surface area contributed by atoms with Crippen LogP contribution in [0, 0.1) is 13.8 Å². The quantitative estimate of drug-likeness (QED) is 0.593. The van der Waals surface area contributed by atoms with Crippen molar-refractivity contribution in [3.8, 4) is 11.5 Å². The summed E-state index contributed by atoms with van der Waals surface area (Å²) in [5.74, 6) is 1.39. The number of oxazole rings is 1. The molecule has 0 unspecified atom stereocenters. The Morgan fingerprint density at radius 3 is 2.50 bits per heavy atom. The lowest BCUT2D eigenvalue weighted by Gasteiger charge is -2.03. The van der Waals surface area contributed by atoms with Crippen molar-refractivity contribution < 1.29 is 13.9 Å². The van der Waals surface area contributed by atoms with E-state index in [-0.39, 0.29) is 19.0 Å². The Labute approximate surface area is 153 Å². The summed E-state index contributed by atoms with van der Waals surface area (Å²) in [6.07, 6.45) is 1.22. The average Bonchev–Trinajstić information content (AvgIpc) is 3.02. The summed E-state index contributed by atoms with van der Waals surface area (Å²) in [4.78, 5) is 16.5. The molecular formula is C22H23NO3. The van der Waals surface area contributed by atoms with Crippen LogP contribution in [0.3, 0.4) is 0 Å². The Morgan fingerprint density at radius 1 is 1.04 bits per heavy atom. The predicted octanol–water partition coefficient (Wildman–Crippen LogP) is 4.68. The van der Waals surface area contributed by atoms with E-state index in [9.17, 15) is 4.79 Å². The number of hydrogen-bond acceptors (Lipinski definition) is 4. The molecule has 0 amide bonds. The Bertz CT molecular complexity index is 851. The highest BCUT2D eigenvalue weighted by Gasteiger charge is 2.12. The Kier molecular flexibility index (Phi) is 5.97. The van der Waals surface area contributed by atoms with Gasteiger partial charge in [-0.25, -0.2) is 4.98 Å². The third-order valence-corrected chi connectivity index (χ3v) is 4.23. The van der Waals surface area contributed by atoms with Gasteiger partial charge in [0.15, 0.2) is 5.78 Å². The second kappa shape index (κ2) is 8.59. The van der Waals surface area contributed by atoms with Gasteiger partial charge in [0.25, 0.3) is 0 Å². The smallest absolute Gasteiger partial charge is 0.226 e. The van der Waals surface area contributed by atoms with E-state index in [1.165, 1.54) is 5.56 Å². The third kappa shape index (κ3) is 4.90. The van der Waals surface area contributed by atoms with Gasteiger partial charge in [0.05, 0.1) is 6.61 Å². The van der Waals surface area contributed by atoms with Crippen molar-refractivity contribution in [2.24, 2.45) is 0 Å². The maximum absolute atomic E-state index is 12.0. The molecule has 0 bridgehead atoms. The maximum Gasteiger partial charge on any atom is 0.226 e. The highest BCUT2D eigenvalue weighted by atomic mass is 16.5. The highest BCUT2D eigenvalue weighted by Crippen LogP contribution is 2.22. The van der Waals surface area contributed by atoms with Crippen molar-refractivity contribution in [1.29, 1.82) is 0 Å². The molecule has 1 heterocycles. The van der Waals surface area contributed by atoms with E-state index < -0.39 is 0 Å². The summed E-state index contributed by atoms with van der Waals surface area (Å²) in [6, 6.07) is 18.0. The molecule has 4 nitrogen and oxygen atoms in total. The number of ketones is 1. The van der Waals surface area contributed by atoms with Crippen LogP contribution in [0.5, 0.6) is 0 Å². The van der Waals surface area contributed by atoms with E-state index in [2.05, 4.69) is 4.98 Å². The van der Waals surface area contributed by atoms with E-state index in [0.29, 0.717) is 12.3 Å². The van der Waals surface area contributed by atoms with Gasteiger partial charge >= 0.3 is 0 Å². The van der Waals surface area contributed by atoms with Crippen LogP contribution in [0.4, 0.5) is 0 Å². The van der Waals surface area contributed by atoms with Crippen LogP contribution in [0.25, 0.3) is 11.5 Å². The van der Waals surface area contributed by atoms with E-state index >= 15 is 0 Å². The van der Waals surface area contributed by atoms with Crippen LogP contribution in [0.15, 0.2) is 59.0 Å². The van der Waals surface area contributed by atoms with Gasteiger partial charge < -0.3 is 9.15 Å². The first-order valence-corrected chi connectivity index (χ1v) is 8.78. The molecule has 0 saturated carbocycles. The lowest BCUT2D eigenvalue weighted by molar-refractivity contribution is -0.124. The number of hydrogen-bond donors (Lipinski definition) is 0. The molecule has 1 aromatic heterocycles. The van der Waals surface area contributed by atoms with Gasteiger partial charge in [0, 0.05) is 12.0 Å². The van der Waals surface area contributed by atoms with Crippen molar-refractivity contribution in [2.75, 3.05) is 6.61 Å². The second-order valence-electron chi connectivity index (χ2n) is 6.40. The third-order valence-electron chi connectivity index (χ3n) is 4.23. The first-order chi connectivity index (χ1) is 12.6. The van der Waals surface area contributed by atoms with Gasteiger partial charge in [0.2, 0.25) is 5.89 Å². The Hall–Kier alpha value is -2.72. The standard InChI is InChI=1S/C22H23NO3/c1-16-8-11-19(12-9-16)22-23-21(17(2)26-22)15-25-14-20(24)13-10-18-6-4-3-5-7-18/h3-9,11-12H,10,13-15H2,1-2H3. The van der Waals surface area contributed by atoms with Crippen molar-refractivity contribution in [2.45, 2.75) is 33.3 Å². The zero-order valence-electron chi connectivity index (χ0n) is 15.2. The first-order valence-electron chi connectivity index (χ1n) is 8.78. The SMILES string of the molecule is Cc1ccc(-c2nc(COCC(=O)CCc3ccccc3)c(C)o2)cc1. The van der Waals surface area contributed by atoms with E-state index in [4.69, 9.17) is 9.15 Å². The first kappa shape index (κ1) is 18.1. The number of aromatic nitrogens is 1. The van der Waals surface area contributed by atoms with Crippen LogP contribution in [-0.2, 0) is 22.6 Å².